The smallest absolute Gasteiger partial charge is 0.288 e. The zero-order valence-corrected chi connectivity index (χ0v) is 15.9. The van der Waals surface area contributed by atoms with Gasteiger partial charge in [0.05, 0.1) is 4.92 Å². The van der Waals surface area contributed by atoms with E-state index in [9.17, 15) is 32.5 Å². The van der Waals surface area contributed by atoms with Crippen LogP contribution in [0.15, 0.2) is 18.2 Å². The first kappa shape index (κ1) is 21.1. The highest BCUT2D eigenvalue weighted by atomic mass is 35.5. The largest absolute Gasteiger partial charge is 0.363 e. The second kappa shape index (κ2) is 8.03. The van der Waals surface area contributed by atoms with Crippen LogP contribution in [0.25, 0.3) is 0 Å². The van der Waals surface area contributed by atoms with Gasteiger partial charge in [-0.15, -0.1) is 0 Å². The molecule has 0 saturated carbocycles. The molecule has 0 atom stereocenters. The van der Waals surface area contributed by atoms with Gasteiger partial charge in [0.25, 0.3) is 11.6 Å². The monoisotopic (exact) mass is 451 g/mol. The third-order valence-electron chi connectivity index (χ3n) is 4.46. The lowest BCUT2D eigenvalue weighted by atomic mass is 10.1. The number of carbonyl (C=O) groups is 1. The van der Waals surface area contributed by atoms with Gasteiger partial charge >= 0.3 is 0 Å². The molecule has 1 aliphatic heterocycles. The van der Waals surface area contributed by atoms with Crippen LogP contribution in [-0.2, 0) is 0 Å². The number of benzene rings is 2. The molecular weight excluding hydrogens is 441 g/mol. The van der Waals surface area contributed by atoms with E-state index in [4.69, 9.17) is 23.2 Å². The predicted molar refractivity (Wildman–Crippen MR) is 97.5 cm³/mol. The molecule has 2 aromatic rings. The van der Waals surface area contributed by atoms with E-state index in [0.717, 1.165) is 11.0 Å². The highest BCUT2D eigenvalue weighted by Crippen LogP contribution is 2.34. The molecule has 154 valence electrons. The Bertz CT molecular complexity index is 985. The number of hydrogen-bond acceptors (Lipinski definition) is 4. The number of nitrogens with zero attached hydrogens (tertiary/aromatic N) is 3. The van der Waals surface area contributed by atoms with Gasteiger partial charge in [-0.1, -0.05) is 23.2 Å². The van der Waals surface area contributed by atoms with Crippen molar-refractivity contribution in [2.24, 2.45) is 0 Å². The van der Waals surface area contributed by atoms with Gasteiger partial charge < -0.3 is 9.80 Å². The summed E-state index contributed by atoms with van der Waals surface area (Å²) in [5.41, 5.74) is -1.33. The summed E-state index contributed by atoms with van der Waals surface area (Å²) < 4.78 is 55.6. The molecule has 1 amide bonds. The van der Waals surface area contributed by atoms with Crippen LogP contribution in [0.2, 0.25) is 10.0 Å². The number of nitro groups is 1. The van der Waals surface area contributed by atoms with Gasteiger partial charge in [-0.2, -0.15) is 0 Å². The maximum atomic E-state index is 14.1. The summed E-state index contributed by atoms with van der Waals surface area (Å²) in [6, 6.07) is 3.56. The van der Waals surface area contributed by atoms with E-state index < -0.39 is 50.5 Å². The maximum absolute atomic E-state index is 14.1. The first-order chi connectivity index (χ1) is 13.6. The number of carbonyl (C=O) groups excluding carboxylic acids is 1. The van der Waals surface area contributed by atoms with Crippen LogP contribution in [0.3, 0.4) is 0 Å². The van der Waals surface area contributed by atoms with E-state index in [1.165, 1.54) is 17.0 Å². The summed E-state index contributed by atoms with van der Waals surface area (Å²) in [5, 5.41) is 9.56. The van der Waals surface area contributed by atoms with E-state index in [1.54, 1.807) is 0 Å². The van der Waals surface area contributed by atoms with Crippen molar-refractivity contribution in [1.29, 1.82) is 0 Å². The van der Waals surface area contributed by atoms with Crippen LogP contribution in [-0.4, -0.2) is 41.9 Å². The molecule has 0 spiro atoms. The van der Waals surface area contributed by atoms with Crippen LogP contribution in [0, 0.1) is 33.4 Å². The van der Waals surface area contributed by atoms with Crippen LogP contribution in [0.4, 0.5) is 28.9 Å². The van der Waals surface area contributed by atoms with Crippen molar-refractivity contribution in [3.63, 3.8) is 0 Å². The average Bonchev–Trinajstić information content (AvgIpc) is 2.71. The van der Waals surface area contributed by atoms with Crippen molar-refractivity contribution in [1.82, 2.24) is 4.90 Å². The van der Waals surface area contributed by atoms with Gasteiger partial charge in [0.15, 0.2) is 23.3 Å². The molecule has 0 radical (unpaired) electrons. The van der Waals surface area contributed by atoms with Gasteiger partial charge in [-0.3, -0.25) is 14.9 Å². The van der Waals surface area contributed by atoms with Crippen molar-refractivity contribution < 1.29 is 27.3 Å². The topological polar surface area (TPSA) is 66.7 Å². The second-order valence-electron chi connectivity index (χ2n) is 6.12. The summed E-state index contributed by atoms with van der Waals surface area (Å²) >= 11 is 10.9. The molecule has 1 fully saturated rings. The van der Waals surface area contributed by atoms with Crippen LogP contribution in [0.1, 0.15) is 10.4 Å². The van der Waals surface area contributed by atoms with Crippen molar-refractivity contribution in [2.45, 2.75) is 0 Å². The van der Waals surface area contributed by atoms with Crippen molar-refractivity contribution in [3.05, 3.63) is 67.2 Å². The van der Waals surface area contributed by atoms with Crippen LogP contribution < -0.4 is 4.90 Å². The minimum Gasteiger partial charge on any atom is -0.363 e. The van der Waals surface area contributed by atoms with Gasteiger partial charge in [0, 0.05) is 37.8 Å². The number of anilines is 1. The predicted octanol–water partition coefficient (Wildman–Crippen LogP) is 4.42. The lowest BCUT2D eigenvalue weighted by molar-refractivity contribution is -0.384. The number of nitro benzene ring substituents is 1. The van der Waals surface area contributed by atoms with Gasteiger partial charge in [-0.05, 0) is 12.1 Å². The summed E-state index contributed by atoms with van der Waals surface area (Å²) in [7, 11) is 0. The average molecular weight is 452 g/mol. The minimum atomic E-state index is -1.70. The molecular formula is C17H11Cl2F4N3O3. The Morgan fingerprint density at radius 2 is 1.52 bits per heavy atom. The van der Waals surface area contributed by atoms with Crippen molar-refractivity contribution in [2.75, 3.05) is 31.1 Å². The Kier molecular flexibility index (Phi) is 5.85. The normalized spacial score (nSPS) is 14.3. The fraction of sp³-hybridized carbons (Fsp3) is 0.235. The Morgan fingerprint density at radius 1 is 0.966 bits per heavy atom. The number of amides is 1. The summed E-state index contributed by atoms with van der Waals surface area (Å²) in [6.07, 6.45) is 0. The molecule has 0 aliphatic carbocycles. The number of rotatable bonds is 3. The van der Waals surface area contributed by atoms with Crippen molar-refractivity contribution >= 4 is 40.5 Å². The molecule has 1 heterocycles. The number of hydrogen-bond donors (Lipinski definition) is 0. The Hall–Kier alpha value is -2.59. The summed E-state index contributed by atoms with van der Waals surface area (Å²) in [6.45, 7) is -0.342. The van der Waals surface area contributed by atoms with Crippen LogP contribution in [0.5, 0.6) is 0 Å². The fourth-order valence-corrected chi connectivity index (χ4v) is 3.32. The minimum absolute atomic E-state index is 0.00972. The van der Waals surface area contributed by atoms with E-state index in [-0.39, 0.29) is 36.8 Å². The first-order valence-electron chi connectivity index (χ1n) is 8.13. The molecule has 1 aliphatic rings. The molecule has 12 heteroatoms. The highest BCUT2D eigenvalue weighted by Gasteiger charge is 2.31. The quantitative estimate of drug-likeness (QED) is 0.228. The SMILES string of the molecule is O=C(c1ccc(Cl)c([N+](=O)[O-])c1)N1CCN(c2c(F)c(F)c(Cl)c(F)c2F)CC1. The standard InChI is InChI=1S/C17H11Cl2F4N3O3/c18-9-2-1-8(7-10(9)26(28)29)17(27)25-5-3-24(4-6-25)16-14(22)12(20)11(19)13(21)15(16)23/h1-2,7H,3-6H2. The zero-order valence-electron chi connectivity index (χ0n) is 14.4. The molecule has 3 rings (SSSR count). The van der Waals surface area contributed by atoms with E-state index in [1.807, 2.05) is 0 Å². The molecule has 0 unspecified atom stereocenters. The lowest BCUT2D eigenvalue weighted by Gasteiger charge is -2.36. The zero-order chi connectivity index (χ0) is 21.5. The Morgan fingerprint density at radius 3 is 2.03 bits per heavy atom. The summed E-state index contributed by atoms with van der Waals surface area (Å²) in [5.74, 6) is -7.21. The van der Waals surface area contributed by atoms with Crippen molar-refractivity contribution in [3.8, 4) is 0 Å². The van der Waals surface area contributed by atoms with E-state index >= 15 is 0 Å². The number of piperazine rings is 1. The fourth-order valence-electron chi connectivity index (χ4n) is 2.97. The molecule has 0 aromatic heterocycles. The second-order valence-corrected chi connectivity index (χ2v) is 6.91. The Balaban J connectivity index is 1.79. The van der Waals surface area contributed by atoms with E-state index in [0.29, 0.717) is 0 Å². The molecule has 2 aromatic carbocycles. The van der Waals surface area contributed by atoms with Gasteiger partial charge in [-0.25, -0.2) is 17.6 Å². The molecule has 0 bridgehead atoms. The van der Waals surface area contributed by atoms with Gasteiger partial charge in [0.1, 0.15) is 15.7 Å². The first-order valence-corrected chi connectivity index (χ1v) is 8.88. The summed E-state index contributed by atoms with van der Waals surface area (Å²) in [4.78, 5) is 25.2. The molecule has 0 N–H and O–H groups in total. The molecule has 1 saturated heterocycles. The van der Waals surface area contributed by atoms with E-state index in [2.05, 4.69) is 0 Å². The Labute approximate surface area is 171 Å². The maximum Gasteiger partial charge on any atom is 0.288 e. The number of halogens is 6. The third-order valence-corrected chi connectivity index (χ3v) is 5.11. The third kappa shape index (κ3) is 3.82. The molecule has 6 nitrogen and oxygen atoms in total. The lowest BCUT2D eigenvalue weighted by Crippen LogP contribution is -2.49. The van der Waals surface area contributed by atoms with Crippen LogP contribution >= 0.6 is 23.2 Å². The van der Waals surface area contributed by atoms with Gasteiger partial charge in [0.2, 0.25) is 0 Å². The molecule has 29 heavy (non-hydrogen) atoms. The highest BCUT2D eigenvalue weighted by molar-refractivity contribution is 6.32.